The van der Waals surface area contributed by atoms with E-state index in [1.165, 1.54) is 12.8 Å². The fourth-order valence-corrected chi connectivity index (χ4v) is 2.31. The molecule has 1 amide bonds. The highest BCUT2D eigenvalue weighted by Crippen LogP contribution is 2.34. The molecule has 0 saturated carbocycles. The molecule has 21 heavy (non-hydrogen) atoms. The van der Waals surface area contributed by atoms with Gasteiger partial charge in [0, 0.05) is 0 Å². The molecule has 0 aliphatic carbocycles. The Kier molecular flexibility index (Phi) is 9.67. The zero-order valence-corrected chi connectivity index (χ0v) is 12.7. The van der Waals surface area contributed by atoms with E-state index in [0.717, 1.165) is 24.8 Å². The van der Waals surface area contributed by atoms with Gasteiger partial charge >= 0.3 is 0 Å². The second-order valence-corrected chi connectivity index (χ2v) is 4.81. The summed E-state index contributed by atoms with van der Waals surface area (Å²) in [6, 6.07) is 5.25. The summed E-state index contributed by atoms with van der Waals surface area (Å²) in [6.07, 6.45) is 5.53. The summed E-state index contributed by atoms with van der Waals surface area (Å²) in [5, 5.41) is 17.0. The number of aromatic hydroxyl groups is 1. The predicted octanol–water partition coefficient (Wildman–Crippen LogP) is 3.27. The number of hydrogen-bond acceptors (Lipinski definition) is 3. The van der Waals surface area contributed by atoms with Crippen LogP contribution in [0.2, 0.25) is 0 Å². The van der Waals surface area contributed by atoms with Crippen molar-refractivity contribution in [3.63, 3.8) is 0 Å². The molecular weight excluding hydrogens is 270 g/mol. The molecule has 4 N–H and O–H groups in total. The molecular formula is C16H25NO4. The Hall–Kier alpha value is -2.04. The number of carbonyl (C=O) groups is 2. The average Bonchev–Trinajstić information content (AvgIpc) is 2.45. The monoisotopic (exact) mass is 295 g/mol. The van der Waals surface area contributed by atoms with E-state index in [-0.39, 0.29) is 17.8 Å². The zero-order valence-electron chi connectivity index (χ0n) is 12.7. The molecule has 0 heterocycles. The van der Waals surface area contributed by atoms with Gasteiger partial charge in [-0.25, -0.2) is 0 Å². The quantitative estimate of drug-likeness (QED) is 0.531. The lowest BCUT2D eigenvalue weighted by Gasteiger charge is -2.17. The summed E-state index contributed by atoms with van der Waals surface area (Å²) in [5.74, 6) is -0.207. The van der Waals surface area contributed by atoms with Gasteiger partial charge in [-0.05, 0) is 30.4 Å². The van der Waals surface area contributed by atoms with Crippen LogP contribution in [0.5, 0.6) is 5.75 Å². The molecule has 0 aliphatic rings. The van der Waals surface area contributed by atoms with E-state index in [9.17, 15) is 9.90 Å². The summed E-state index contributed by atoms with van der Waals surface area (Å²) in [6.45, 7) is 4.03. The molecule has 0 bridgehead atoms. The van der Waals surface area contributed by atoms with Gasteiger partial charge in [0.1, 0.15) is 5.75 Å². The lowest BCUT2D eigenvalue weighted by Crippen LogP contribution is -2.12. The molecule has 1 rings (SSSR count). The van der Waals surface area contributed by atoms with E-state index in [1.807, 2.05) is 6.07 Å². The van der Waals surface area contributed by atoms with Crippen molar-refractivity contribution in [2.24, 2.45) is 5.73 Å². The topological polar surface area (TPSA) is 101 Å². The molecule has 1 aromatic rings. The first kappa shape index (κ1) is 19.0. The van der Waals surface area contributed by atoms with Crippen LogP contribution in [0.4, 0.5) is 0 Å². The third kappa shape index (κ3) is 6.29. The van der Waals surface area contributed by atoms with Crippen molar-refractivity contribution in [1.82, 2.24) is 0 Å². The van der Waals surface area contributed by atoms with E-state index < -0.39 is 5.91 Å². The van der Waals surface area contributed by atoms with Gasteiger partial charge < -0.3 is 15.9 Å². The summed E-state index contributed by atoms with van der Waals surface area (Å²) in [4.78, 5) is 19.6. The van der Waals surface area contributed by atoms with Gasteiger partial charge in [0.2, 0.25) is 0 Å². The summed E-state index contributed by atoms with van der Waals surface area (Å²) in [5.41, 5.74) is 6.32. The van der Waals surface area contributed by atoms with Crippen molar-refractivity contribution in [2.45, 2.75) is 51.9 Å². The largest absolute Gasteiger partial charge is 0.507 e. The van der Waals surface area contributed by atoms with Gasteiger partial charge in [-0.2, -0.15) is 0 Å². The van der Waals surface area contributed by atoms with Crippen molar-refractivity contribution in [3.05, 3.63) is 29.3 Å². The Balaban J connectivity index is 0.00000122. The third-order valence-electron chi connectivity index (χ3n) is 3.42. The predicted molar refractivity (Wildman–Crippen MR) is 82.5 cm³/mol. The second-order valence-electron chi connectivity index (χ2n) is 4.81. The highest BCUT2D eigenvalue weighted by Gasteiger charge is 2.17. The van der Waals surface area contributed by atoms with E-state index in [1.54, 1.807) is 12.1 Å². The van der Waals surface area contributed by atoms with Crippen LogP contribution in [0.3, 0.4) is 0 Å². The highest BCUT2D eigenvalue weighted by molar-refractivity contribution is 5.95. The first-order valence-corrected chi connectivity index (χ1v) is 7.22. The Morgan fingerprint density at radius 2 is 1.95 bits per heavy atom. The van der Waals surface area contributed by atoms with Crippen molar-refractivity contribution >= 4 is 12.4 Å². The van der Waals surface area contributed by atoms with Crippen molar-refractivity contribution in [2.75, 3.05) is 0 Å². The van der Waals surface area contributed by atoms with Gasteiger partial charge in [-0.15, -0.1) is 0 Å². The number of nitrogens with two attached hydrogens (primary N) is 1. The van der Waals surface area contributed by atoms with Crippen LogP contribution in [0.1, 0.15) is 67.8 Å². The minimum absolute atomic E-state index is 0.0633. The zero-order chi connectivity index (χ0) is 16.3. The fraction of sp³-hybridized carbons (Fsp3) is 0.500. The van der Waals surface area contributed by atoms with Crippen LogP contribution in [-0.2, 0) is 4.79 Å². The Morgan fingerprint density at radius 3 is 2.43 bits per heavy atom. The highest BCUT2D eigenvalue weighted by atomic mass is 16.3. The molecule has 0 spiro atoms. The van der Waals surface area contributed by atoms with Crippen molar-refractivity contribution in [3.8, 4) is 5.75 Å². The average molecular weight is 295 g/mol. The van der Waals surface area contributed by atoms with Gasteiger partial charge in [-0.3, -0.25) is 9.59 Å². The van der Waals surface area contributed by atoms with E-state index >= 15 is 0 Å². The SMILES string of the molecule is CCCCCC(CC)c1cccc(C(N)=O)c1O.O=CO. The fourth-order valence-electron chi connectivity index (χ4n) is 2.31. The van der Waals surface area contributed by atoms with Crippen LogP contribution in [0, 0.1) is 0 Å². The number of carboxylic acid groups (broad SMARTS) is 1. The minimum Gasteiger partial charge on any atom is -0.507 e. The van der Waals surface area contributed by atoms with E-state index in [2.05, 4.69) is 13.8 Å². The van der Waals surface area contributed by atoms with Gasteiger partial charge in [0.25, 0.3) is 12.4 Å². The molecule has 5 heteroatoms. The molecule has 1 unspecified atom stereocenters. The molecule has 0 radical (unpaired) electrons. The van der Waals surface area contributed by atoms with Crippen LogP contribution >= 0.6 is 0 Å². The number of amides is 1. The lowest BCUT2D eigenvalue weighted by molar-refractivity contribution is -0.122. The number of unbranched alkanes of at least 4 members (excludes halogenated alkanes) is 2. The van der Waals surface area contributed by atoms with Crippen molar-refractivity contribution < 1.29 is 19.8 Å². The van der Waals surface area contributed by atoms with Crippen LogP contribution in [0.15, 0.2) is 18.2 Å². The number of benzene rings is 1. The number of carbonyl (C=O) groups excluding carboxylic acids is 1. The molecule has 0 aliphatic heterocycles. The molecule has 0 aromatic heterocycles. The normalized spacial score (nSPS) is 11.1. The number of primary amides is 1. The van der Waals surface area contributed by atoms with Gasteiger partial charge in [-0.1, -0.05) is 45.2 Å². The summed E-state index contributed by atoms with van der Waals surface area (Å²) < 4.78 is 0. The summed E-state index contributed by atoms with van der Waals surface area (Å²) >= 11 is 0. The van der Waals surface area contributed by atoms with Crippen LogP contribution < -0.4 is 5.73 Å². The standard InChI is InChI=1S/C15H23NO2.CH2O2/c1-3-5-6-8-11(4-2)12-9-7-10-13(14(12)17)15(16)18;2-1-3/h7,9-11,17H,3-6,8H2,1-2H3,(H2,16,18);1H,(H,2,3). The summed E-state index contributed by atoms with van der Waals surface area (Å²) in [7, 11) is 0. The van der Waals surface area contributed by atoms with Crippen molar-refractivity contribution in [1.29, 1.82) is 0 Å². The number of rotatable bonds is 7. The molecule has 118 valence electrons. The third-order valence-corrected chi connectivity index (χ3v) is 3.42. The Morgan fingerprint density at radius 1 is 1.33 bits per heavy atom. The van der Waals surface area contributed by atoms with E-state index in [0.29, 0.717) is 5.92 Å². The number of hydrogen-bond donors (Lipinski definition) is 3. The first-order valence-electron chi connectivity index (χ1n) is 7.22. The molecule has 1 aromatic carbocycles. The molecule has 1 atom stereocenters. The maximum atomic E-state index is 11.2. The van der Waals surface area contributed by atoms with Crippen LogP contribution in [-0.4, -0.2) is 22.6 Å². The van der Waals surface area contributed by atoms with E-state index in [4.69, 9.17) is 15.6 Å². The lowest BCUT2D eigenvalue weighted by atomic mass is 9.89. The Bertz CT molecular complexity index is 446. The molecule has 0 fully saturated rings. The Labute approximate surface area is 125 Å². The van der Waals surface area contributed by atoms with Gasteiger partial charge in [0.05, 0.1) is 5.56 Å². The molecule has 5 nitrogen and oxygen atoms in total. The maximum Gasteiger partial charge on any atom is 0.290 e. The number of phenols is 1. The molecule has 0 saturated heterocycles. The first-order chi connectivity index (χ1) is 10.0. The van der Waals surface area contributed by atoms with Gasteiger partial charge in [0.15, 0.2) is 0 Å². The minimum atomic E-state index is -0.572. The smallest absolute Gasteiger partial charge is 0.290 e. The number of para-hydroxylation sites is 1. The maximum absolute atomic E-state index is 11.2. The van der Waals surface area contributed by atoms with Crippen LogP contribution in [0.25, 0.3) is 0 Å². The second kappa shape index (κ2) is 10.7.